The fourth-order valence-corrected chi connectivity index (χ4v) is 4.17. The second kappa shape index (κ2) is 6.01. The highest BCUT2D eigenvalue weighted by Crippen LogP contribution is 2.40. The van der Waals surface area contributed by atoms with E-state index in [4.69, 9.17) is 4.74 Å². The Balaban J connectivity index is 1.65. The second-order valence-electron chi connectivity index (χ2n) is 7.19. The van der Waals surface area contributed by atoms with Gasteiger partial charge in [0.2, 0.25) is 0 Å². The number of piperidine rings is 1. The number of esters is 1. The molecule has 0 amide bonds. The third-order valence-corrected chi connectivity index (χ3v) is 5.74. The summed E-state index contributed by atoms with van der Waals surface area (Å²) >= 11 is 0. The third-order valence-electron chi connectivity index (χ3n) is 5.74. The van der Waals surface area contributed by atoms with Gasteiger partial charge in [-0.1, -0.05) is 30.3 Å². The molecule has 1 unspecified atom stereocenters. The molecule has 2 aliphatic rings. The Kier molecular flexibility index (Phi) is 4.24. The Hall–Kier alpha value is -1.39. The van der Waals surface area contributed by atoms with Crippen molar-refractivity contribution in [1.82, 2.24) is 0 Å². The molecule has 120 valence electrons. The first-order valence-corrected chi connectivity index (χ1v) is 8.22. The summed E-state index contributed by atoms with van der Waals surface area (Å²) in [6.07, 6.45) is 4.36. The number of rotatable bonds is 4. The Morgan fingerprint density at radius 2 is 1.82 bits per heavy atom. The number of hydrogen-bond donors (Lipinski definition) is 1. The van der Waals surface area contributed by atoms with E-state index in [0.29, 0.717) is 12.1 Å². The second-order valence-corrected chi connectivity index (χ2v) is 7.19. The topological polar surface area (TPSA) is 46.5 Å². The lowest BCUT2D eigenvalue weighted by molar-refractivity contribution is -0.931. The van der Waals surface area contributed by atoms with Gasteiger partial charge in [0, 0.05) is 25.7 Å². The molecule has 22 heavy (non-hydrogen) atoms. The maximum Gasteiger partial charge on any atom is 0.316 e. The number of quaternary nitrogens is 1. The average molecular weight is 304 g/mol. The molecular formula is C18H26NO3+. The highest BCUT2D eigenvalue weighted by atomic mass is 16.5. The molecule has 0 spiro atoms. The number of nitrogens with zero attached hydrogens (tertiary/aromatic N) is 1. The lowest BCUT2D eigenvalue weighted by Crippen LogP contribution is -2.56. The lowest BCUT2D eigenvalue weighted by Gasteiger charge is -2.44. The number of benzene rings is 1. The zero-order chi connectivity index (χ0) is 15.7. The number of carbonyl (C=O) groups is 1. The summed E-state index contributed by atoms with van der Waals surface area (Å²) in [5.41, 5.74) is 0.824. The molecule has 4 nitrogen and oxygen atoms in total. The van der Waals surface area contributed by atoms with Gasteiger partial charge >= 0.3 is 5.97 Å². The first kappa shape index (κ1) is 15.5. The summed E-state index contributed by atoms with van der Waals surface area (Å²) in [6.45, 7) is -0.204. The molecule has 2 fully saturated rings. The van der Waals surface area contributed by atoms with Crippen LogP contribution in [0.2, 0.25) is 0 Å². The molecule has 2 aliphatic heterocycles. The van der Waals surface area contributed by atoms with Crippen molar-refractivity contribution < 1.29 is 19.1 Å². The largest absolute Gasteiger partial charge is 0.461 e. The van der Waals surface area contributed by atoms with Crippen molar-refractivity contribution in [2.75, 3.05) is 20.7 Å². The molecule has 0 radical (unpaired) electrons. The molecule has 0 aliphatic carbocycles. The predicted molar refractivity (Wildman–Crippen MR) is 84.3 cm³/mol. The van der Waals surface area contributed by atoms with Crippen molar-refractivity contribution in [3.8, 4) is 0 Å². The molecule has 2 heterocycles. The number of hydrogen-bond acceptors (Lipinski definition) is 3. The van der Waals surface area contributed by atoms with Gasteiger partial charge in [-0.3, -0.25) is 4.79 Å². The number of aliphatic hydroxyl groups is 1. The van der Waals surface area contributed by atoms with Crippen LogP contribution in [-0.2, 0) is 9.53 Å². The third kappa shape index (κ3) is 2.77. The summed E-state index contributed by atoms with van der Waals surface area (Å²) in [4.78, 5) is 12.5. The van der Waals surface area contributed by atoms with Crippen molar-refractivity contribution in [2.24, 2.45) is 0 Å². The number of aliphatic hydroxyl groups excluding tert-OH is 1. The quantitative estimate of drug-likeness (QED) is 0.684. The Bertz CT molecular complexity index is 512. The fraction of sp³-hybridized carbons (Fsp3) is 0.611. The van der Waals surface area contributed by atoms with Crippen molar-refractivity contribution in [3.05, 3.63) is 35.9 Å². The van der Waals surface area contributed by atoms with Gasteiger partial charge in [-0.05, 0) is 5.56 Å². The van der Waals surface area contributed by atoms with Gasteiger partial charge in [-0.2, -0.15) is 0 Å². The van der Waals surface area contributed by atoms with Crippen LogP contribution in [0.25, 0.3) is 0 Å². The molecule has 0 aromatic heterocycles. The van der Waals surface area contributed by atoms with E-state index in [-0.39, 0.29) is 18.7 Å². The van der Waals surface area contributed by atoms with E-state index < -0.39 is 5.92 Å². The highest BCUT2D eigenvalue weighted by Gasteiger charge is 2.50. The average Bonchev–Trinajstić information content (AvgIpc) is 2.68. The van der Waals surface area contributed by atoms with E-state index in [2.05, 4.69) is 14.1 Å². The Labute approximate surface area is 132 Å². The van der Waals surface area contributed by atoms with Crippen LogP contribution in [0.5, 0.6) is 0 Å². The molecule has 2 saturated heterocycles. The standard InChI is InChI=1S/C18H26NO3/c1-19(2)14-8-9-15(19)11-16(10-14)22-18(21)17(12-20)13-6-4-3-5-7-13/h3-7,14-17,20H,8-12H2,1-2H3/q+1/t14-,15-,17?/m1/s1. The van der Waals surface area contributed by atoms with Crippen LogP contribution >= 0.6 is 0 Å². The Morgan fingerprint density at radius 1 is 1.23 bits per heavy atom. The van der Waals surface area contributed by atoms with Gasteiger partial charge in [0.25, 0.3) is 0 Å². The van der Waals surface area contributed by atoms with Crippen molar-refractivity contribution in [3.63, 3.8) is 0 Å². The van der Waals surface area contributed by atoms with E-state index in [1.54, 1.807) is 0 Å². The summed E-state index contributed by atoms with van der Waals surface area (Å²) in [5.74, 6) is -0.853. The van der Waals surface area contributed by atoms with Gasteiger partial charge in [0.15, 0.2) is 0 Å². The van der Waals surface area contributed by atoms with E-state index >= 15 is 0 Å². The van der Waals surface area contributed by atoms with E-state index in [0.717, 1.165) is 22.9 Å². The van der Waals surface area contributed by atoms with Crippen molar-refractivity contribution >= 4 is 5.97 Å². The lowest BCUT2D eigenvalue weighted by atomic mass is 9.96. The molecule has 3 atom stereocenters. The van der Waals surface area contributed by atoms with E-state index in [1.165, 1.54) is 12.8 Å². The van der Waals surface area contributed by atoms with Gasteiger partial charge in [-0.25, -0.2) is 0 Å². The van der Waals surface area contributed by atoms with Crippen molar-refractivity contribution in [2.45, 2.75) is 49.8 Å². The molecule has 0 saturated carbocycles. The summed E-state index contributed by atoms with van der Waals surface area (Å²) < 4.78 is 6.83. The maximum atomic E-state index is 12.5. The molecule has 3 rings (SSSR count). The van der Waals surface area contributed by atoms with Crippen LogP contribution in [0.1, 0.15) is 37.2 Å². The minimum Gasteiger partial charge on any atom is -0.461 e. The van der Waals surface area contributed by atoms with Crippen LogP contribution in [0.15, 0.2) is 30.3 Å². The van der Waals surface area contributed by atoms with Gasteiger partial charge in [0.1, 0.15) is 12.0 Å². The minimum absolute atomic E-state index is 0.00825. The summed E-state index contributed by atoms with van der Waals surface area (Å²) in [7, 11) is 4.59. The summed E-state index contributed by atoms with van der Waals surface area (Å²) in [6, 6.07) is 10.6. The van der Waals surface area contributed by atoms with E-state index in [1.807, 2.05) is 30.3 Å². The monoisotopic (exact) mass is 304 g/mol. The first-order chi connectivity index (χ1) is 10.5. The molecular weight excluding hydrogens is 278 g/mol. The maximum absolute atomic E-state index is 12.5. The molecule has 1 N–H and O–H groups in total. The minimum atomic E-state index is -0.566. The first-order valence-electron chi connectivity index (χ1n) is 8.22. The molecule has 4 heteroatoms. The van der Waals surface area contributed by atoms with Crippen LogP contribution in [-0.4, -0.2) is 54.4 Å². The number of fused-ring (bicyclic) bond motifs is 2. The van der Waals surface area contributed by atoms with Crippen LogP contribution in [0, 0.1) is 0 Å². The predicted octanol–water partition coefficient (Wildman–Crippen LogP) is 2.08. The molecule has 2 bridgehead atoms. The number of carbonyl (C=O) groups excluding carboxylic acids is 1. The van der Waals surface area contributed by atoms with Crippen LogP contribution in [0.4, 0.5) is 0 Å². The zero-order valence-electron chi connectivity index (χ0n) is 13.4. The highest BCUT2D eigenvalue weighted by molar-refractivity contribution is 5.78. The fourth-order valence-electron chi connectivity index (χ4n) is 4.17. The Morgan fingerprint density at radius 3 is 2.36 bits per heavy atom. The normalized spacial score (nSPS) is 30.8. The zero-order valence-corrected chi connectivity index (χ0v) is 13.4. The van der Waals surface area contributed by atoms with Gasteiger partial charge in [0.05, 0.1) is 32.8 Å². The molecule has 1 aromatic carbocycles. The van der Waals surface area contributed by atoms with Crippen LogP contribution in [0.3, 0.4) is 0 Å². The SMILES string of the molecule is C[N+]1(C)[C@@H]2CC[C@@H]1CC(OC(=O)C(CO)c1ccccc1)C2. The van der Waals surface area contributed by atoms with Gasteiger partial charge < -0.3 is 14.3 Å². The van der Waals surface area contributed by atoms with Gasteiger partial charge in [-0.15, -0.1) is 0 Å². The summed E-state index contributed by atoms with van der Waals surface area (Å²) in [5, 5.41) is 9.57. The van der Waals surface area contributed by atoms with Crippen LogP contribution < -0.4 is 0 Å². The number of ether oxygens (including phenoxy) is 1. The van der Waals surface area contributed by atoms with Crippen molar-refractivity contribution in [1.29, 1.82) is 0 Å². The van der Waals surface area contributed by atoms with E-state index in [9.17, 15) is 9.90 Å². The molecule has 1 aromatic rings. The smallest absolute Gasteiger partial charge is 0.316 e.